The lowest BCUT2D eigenvalue weighted by Gasteiger charge is -2.38. The van der Waals surface area contributed by atoms with Crippen LogP contribution in [0.4, 0.5) is 0 Å². The Kier molecular flexibility index (Phi) is 4.73. The van der Waals surface area contributed by atoms with Gasteiger partial charge in [0.2, 0.25) is 0 Å². The van der Waals surface area contributed by atoms with Gasteiger partial charge in [0.15, 0.2) is 0 Å². The summed E-state index contributed by atoms with van der Waals surface area (Å²) in [4.78, 5) is 22.4. The Labute approximate surface area is 107 Å². The van der Waals surface area contributed by atoms with Crippen molar-refractivity contribution in [2.75, 3.05) is 0 Å². The number of ether oxygens (including phenoxy) is 1. The summed E-state index contributed by atoms with van der Waals surface area (Å²) in [6, 6.07) is 0. The van der Waals surface area contributed by atoms with Crippen LogP contribution in [-0.2, 0) is 14.3 Å². The SMILES string of the molecule is C[C@@H]([C@H](O)[C@@H](C)C(=O)O)[C@H]1OC(=O)[C@H](C)C[C@@H]1C. The fourth-order valence-corrected chi connectivity index (χ4v) is 2.58. The maximum Gasteiger partial charge on any atom is 0.308 e. The second-order valence-electron chi connectivity index (χ2n) is 5.49. The van der Waals surface area contributed by atoms with Gasteiger partial charge in [-0.25, -0.2) is 0 Å². The summed E-state index contributed by atoms with van der Waals surface area (Å²) < 4.78 is 5.33. The lowest BCUT2D eigenvalue weighted by Crippen LogP contribution is -2.46. The van der Waals surface area contributed by atoms with E-state index in [1.165, 1.54) is 6.92 Å². The normalized spacial score (nSPS) is 33.4. The van der Waals surface area contributed by atoms with Gasteiger partial charge >= 0.3 is 11.9 Å². The summed E-state index contributed by atoms with van der Waals surface area (Å²) in [7, 11) is 0. The minimum Gasteiger partial charge on any atom is -0.481 e. The maximum absolute atomic E-state index is 11.6. The van der Waals surface area contributed by atoms with Crippen molar-refractivity contribution in [3.63, 3.8) is 0 Å². The Balaban J connectivity index is 2.74. The highest BCUT2D eigenvalue weighted by Crippen LogP contribution is 2.32. The van der Waals surface area contributed by atoms with Crippen LogP contribution in [0, 0.1) is 23.7 Å². The Hall–Kier alpha value is -1.10. The molecule has 18 heavy (non-hydrogen) atoms. The number of hydrogen-bond donors (Lipinski definition) is 2. The van der Waals surface area contributed by atoms with Crippen LogP contribution in [0.2, 0.25) is 0 Å². The van der Waals surface area contributed by atoms with Gasteiger partial charge in [0.1, 0.15) is 6.10 Å². The number of aliphatic carboxylic acids is 1. The van der Waals surface area contributed by atoms with Gasteiger partial charge in [0.25, 0.3) is 0 Å². The van der Waals surface area contributed by atoms with Gasteiger partial charge in [-0.2, -0.15) is 0 Å². The molecule has 1 saturated heterocycles. The van der Waals surface area contributed by atoms with E-state index in [0.717, 1.165) is 0 Å². The second-order valence-corrected chi connectivity index (χ2v) is 5.49. The largest absolute Gasteiger partial charge is 0.481 e. The Bertz CT molecular complexity index is 327. The van der Waals surface area contributed by atoms with Gasteiger partial charge in [0.05, 0.1) is 17.9 Å². The van der Waals surface area contributed by atoms with Crippen molar-refractivity contribution in [3.05, 3.63) is 0 Å². The Morgan fingerprint density at radius 1 is 1.39 bits per heavy atom. The Morgan fingerprint density at radius 3 is 2.44 bits per heavy atom. The first-order valence-electron chi connectivity index (χ1n) is 6.37. The molecule has 0 spiro atoms. The van der Waals surface area contributed by atoms with Crippen molar-refractivity contribution in [2.45, 2.75) is 46.3 Å². The average Bonchev–Trinajstić information content (AvgIpc) is 2.30. The summed E-state index contributed by atoms with van der Waals surface area (Å²) in [5, 5.41) is 18.9. The lowest BCUT2D eigenvalue weighted by molar-refractivity contribution is -0.174. The molecule has 0 aromatic heterocycles. The molecule has 0 unspecified atom stereocenters. The van der Waals surface area contributed by atoms with E-state index in [-0.39, 0.29) is 23.7 Å². The van der Waals surface area contributed by atoms with Crippen LogP contribution < -0.4 is 0 Å². The van der Waals surface area contributed by atoms with Gasteiger partial charge in [-0.15, -0.1) is 0 Å². The smallest absolute Gasteiger partial charge is 0.308 e. The number of aliphatic hydroxyl groups is 1. The van der Waals surface area contributed by atoms with Crippen molar-refractivity contribution in [1.82, 2.24) is 0 Å². The molecule has 0 aromatic rings. The monoisotopic (exact) mass is 258 g/mol. The fourth-order valence-electron chi connectivity index (χ4n) is 2.58. The molecule has 2 N–H and O–H groups in total. The Morgan fingerprint density at radius 2 is 1.94 bits per heavy atom. The zero-order valence-electron chi connectivity index (χ0n) is 11.3. The minimum absolute atomic E-state index is 0.127. The van der Waals surface area contributed by atoms with E-state index in [2.05, 4.69) is 0 Å². The molecule has 0 bridgehead atoms. The molecule has 1 fully saturated rings. The fraction of sp³-hybridized carbons (Fsp3) is 0.846. The molecule has 1 rings (SSSR count). The summed E-state index contributed by atoms with van der Waals surface area (Å²) in [5.74, 6) is -2.56. The van der Waals surface area contributed by atoms with Crippen LogP contribution in [0.3, 0.4) is 0 Å². The zero-order valence-corrected chi connectivity index (χ0v) is 11.3. The molecule has 1 aliphatic rings. The molecule has 5 nitrogen and oxygen atoms in total. The van der Waals surface area contributed by atoms with Crippen LogP contribution in [0.1, 0.15) is 34.1 Å². The predicted octanol–water partition coefficient (Wildman–Crippen LogP) is 1.29. The highest BCUT2D eigenvalue weighted by molar-refractivity contribution is 5.73. The van der Waals surface area contributed by atoms with E-state index in [9.17, 15) is 14.7 Å². The predicted molar refractivity (Wildman–Crippen MR) is 64.8 cm³/mol. The van der Waals surface area contributed by atoms with Crippen LogP contribution in [0.15, 0.2) is 0 Å². The number of cyclic esters (lactones) is 1. The third-order valence-electron chi connectivity index (χ3n) is 3.90. The molecular formula is C13H22O5. The number of carboxylic acid groups (broad SMARTS) is 1. The number of carboxylic acids is 1. The van der Waals surface area contributed by atoms with E-state index >= 15 is 0 Å². The van der Waals surface area contributed by atoms with E-state index in [1.807, 2.05) is 13.8 Å². The van der Waals surface area contributed by atoms with Crippen LogP contribution in [0.5, 0.6) is 0 Å². The summed E-state index contributed by atoms with van der Waals surface area (Å²) in [5.41, 5.74) is 0. The quantitative estimate of drug-likeness (QED) is 0.742. The van der Waals surface area contributed by atoms with Crippen molar-refractivity contribution < 1.29 is 24.5 Å². The molecule has 6 atom stereocenters. The topological polar surface area (TPSA) is 83.8 Å². The molecule has 1 aliphatic heterocycles. The first-order valence-corrected chi connectivity index (χ1v) is 6.37. The number of hydrogen-bond acceptors (Lipinski definition) is 4. The van der Waals surface area contributed by atoms with E-state index < -0.39 is 24.1 Å². The van der Waals surface area contributed by atoms with Gasteiger partial charge in [-0.1, -0.05) is 20.8 Å². The second kappa shape index (κ2) is 5.69. The van der Waals surface area contributed by atoms with Gasteiger partial charge in [-0.05, 0) is 19.3 Å². The van der Waals surface area contributed by atoms with Crippen molar-refractivity contribution in [3.8, 4) is 0 Å². The summed E-state index contributed by atoms with van der Waals surface area (Å²) >= 11 is 0. The summed E-state index contributed by atoms with van der Waals surface area (Å²) in [6.45, 7) is 6.97. The molecule has 0 saturated carbocycles. The molecule has 0 aliphatic carbocycles. The van der Waals surface area contributed by atoms with Gasteiger partial charge in [0, 0.05) is 5.92 Å². The number of rotatable bonds is 4. The van der Waals surface area contributed by atoms with Crippen molar-refractivity contribution in [1.29, 1.82) is 0 Å². The third-order valence-corrected chi connectivity index (χ3v) is 3.90. The van der Waals surface area contributed by atoms with Crippen molar-refractivity contribution >= 4 is 11.9 Å². The molecule has 104 valence electrons. The average molecular weight is 258 g/mol. The first-order chi connectivity index (χ1) is 8.25. The highest BCUT2D eigenvalue weighted by Gasteiger charge is 2.40. The van der Waals surface area contributed by atoms with Crippen LogP contribution >= 0.6 is 0 Å². The summed E-state index contributed by atoms with van der Waals surface area (Å²) in [6.07, 6.45) is -0.719. The zero-order chi connectivity index (χ0) is 14.0. The number of carbonyl (C=O) groups excluding carboxylic acids is 1. The molecule has 0 aromatic carbocycles. The molecule has 5 heteroatoms. The highest BCUT2D eigenvalue weighted by atomic mass is 16.5. The van der Waals surface area contributed by atoms with Crippen LogP contribution in [-0.4, -0.2) is 34.4 Å². The first kappa shape index (κ1) is 15.0. The van der Waals surface area contributed by atoms with E-state index in [1.54, 1.807) is 6.92 Å². The lowest BCUT2D eigenvalue weighted by atomic mass is 9.79. The van der Waals surface area contributed by atoms with Gasteiger partial charge in [-0.3, -0.25) is 9.59 Å². The third kappa shape index (κ3) is 3.02. The van der Waals surface area contributed by atoms with E-state index in [0.29, 0.717) is 6.42 Å². The minimum atomic E-state index is -1.04. The standard InChI is InChI=1S/C13H22O5/c1-6-5-7(2)13(17)18-11(6)8(3)10(14)9(4)12(15)16/h6-11,14H,5H2,1-4H3,(H,15,16)/t6-,7+,8-,9+,10-,11-/m0/s1. The van der Waals surface area contributed by atoms with Gasteiger partial charge < -0.3 is 14.9 Å². The molecule has 0 amide bonds. The molecule has 0 radical (unpaired) electrons. The number of esters is 1. The van der Waals surface area contributed by atoms with Crippen molar-refractivity contribution in [2.24, 2.45) is 23.7 Å². The molecule has 1 heterocycles. The molecular weight excluding hydrogens is 236 g/mol. The van der Waals surface area contributed by atoms with Crippen LogP contribution in [0.25, 0.3) is 0 Å². The number of aliphatic hydroxyl groups excluding tert-OH is 1. The maximum atomic E-state index is 11.6. The number of carbonyl (C=O) groups is 2. The van der Waals surface area contributed by atoms with E-state index in [4.69, 9.17) is 9.84 Å².